The van der Waals surface area contributed by atoms with Gasteiger partial charge in [0.25, 0.3) is 0 Å². The molecule has 1 aromatic rings. The third kappa shape index (κ3) is 8.90. The molecule has 1 heterocycles. The van der Waals surface area contributed by atoms with E-state index >= 15 is 0 Å². The number of nitrogens with one attached hydrogen (secondary N) is 1. The second-order valence-corrected chi connectivity index (χ2v) is 7.14. The van der Waals surface area contributed by atoms with Gasteiger partial charge in [-0.3, -0.25) is 4.99 Å². The van der Waals surface area contributed by atoms with Crippen molar-refractivity contribution in [3.8, 4) is 0 Å². The maximum atomic E-state index is 5.99. The molecule has 2 rings (SSSR count). The summed E-state index contributed by atoms with van der Waals surface area (Å²) in [7, 11) is 0. The summed E-state index contributed by atoms with van der Waals surface area (Å²) in [5, 5.41) is 3.20. The standard InChI is InChI=1S/C20H34N4.HI/c1-17(2)18-10-9-11-19(16-18)23-20(21)22-12-5-3-6-13-24-14-7-4-8-15-24;/h9-11,16-17H,3-8,12-15H2,1-2H3,(H3,21,22,23);1H. The Kier molecular flexibility index (Phi) is 11.1. The molecule has 0 bridgehead atoms. The van der Waals surface area contributed by atoms with Crippen LogP contribution >= 0.6 is 24.0 Å². The molecule has 0 aromatic heterocycles. The summed E-state index contributed by atoms with van der Waals surface area (Å²) >= 11 is 0. The topological polar surface area (TPSA) is 53.6 Å². The monoisotopic (exact) mass is 458 g/mol. The number of halogens is 1. The van der Waals surface area contributed by atoms with Crippen LogP contribution in [0.3, 0.4) is 0 Å². The van der Waals surface area contributed by atoms with E-state index in [-0.39, 0.29) is 24.0 Å². The first-order valence-electron chi connectivity index (χ1n) is 9.54. The Balaban J connectivity index is 0.00000312. The third-order valence-electron chi connectivity index (χ3n) is 4.69. The smallest absolute Gasteiger partial charge is 0.193 e. The Morgan fingerprint density at radius 1 is 1.16 bits per heavy atom. The number of rotatable bonds is 8. The minimum atomic E-state index is 0. The van der Waals surface area contributed by atoms with E-state index in [2.05, 4.69) is 47.3 Å². The van der Waals surface area contributed by atoms with Gasteiger partial charge in [0.1, 0.15) is 0 Å². The van der Waals surface area contributed by atoms with E-state index in [4.69, 9.17) is 5.73 Å². The van der Waals surface area contributed by atoms with Gasteiger partial charge in [0.15, 0.2) is 5.96 Å². The molecule has 1 fully saturated rings. The molecule has 4 nitrogen and oxygen atoms in total. The molecule has 0 spiro atoms. The van der Waals surface area contributed by atoms with E-state index < -0.39 is 0 Å². The minimum absolute atomic E-state index is 0. The van der Waals surface area contributed by atoms with E-state index in [0.717, 1.165) is 18.7 Å². The number of piperidine rings is 1. The average molecular weight is 458 g/mol. The Morgan fingerprint density at radius 3 is 2.64 bits per heavy atom. The summed E-state index contributed by atoms with van der Waals surface area (Å²) < 4.78 is 0. The molecular weight excluding hydrogens is 423 g/mol. The summed E-state index contributed by atoms with van der Waals surface area (Å²) in [6.07, 6.45) is 7.80. The molecule has 0 radical (unpaired) electrons. The number of likely N-dealkylation sites (tertiary alicyclic amines) is 1. The zero-order chi connectivity index (χ0) is 17.2. The quantitative estimate of drug-likeness (QED) is 0.255. The molecule has 1 aliphatic heterocycles. The van der Waals surface area contributed by atoms with Crippen molar-refractivity contribution in [2.24, 2.45) is 10.7 Å². The van der Waals surface area contributed by atoms with Gasteiger partial charge in [0.2, 0.25) is 0 Å². The Hall–Kier alpha value is -0.820. The van der Waals surface area contributed by atoms with Crippen LogP contribution in [-0.4, -0.2) is 37.0 Å². The summed E-state index contributed by atoms with van der Waals surface area (Å²) in [6, 6.07) is 8.38. The van der Waals surface area contributed by atoms with Crippen molar-refractivity contribution in [1.82, 2.24) is 4.90 Å². The maximum absolute atomic E-state index is 5.99. The summed E-state index contributed by atoms with van der Waals surface area (Å²) in [5.74, 6) is 1.04. The summed E-state index contributed by atoms with van der Waals surface area (Å²) in [4.78, 5) is 7.05. The second kappa shape index (κ2) is 12.5. The molecule has 0 aliphatic carbocycles. The number of unbranched alkanes of at least 4 members (excludes halogenated alkanes) is 2. The first-order chi connectivity index (χ1) is 11.6. The van der Waals surface area contributed by atoms with Crippen LogP contribution in [0.15, 0.2) is 29.3 Å². The fourth-order valence-corrected chi connectivity index (χ4v) is 3.17. The fraction of sp³-hybridized carbons (Fsp3) is 0.650. The number of anilines is 1. The van der Waals surface area contributed by atoms with Crippen LogP contribution in [0.2, 0.25) is 0 Å². The van der Waals surface area contributed by atoms with Crippen LogP contribution in [0, 0.1) is 0 Å². The van der Waals surface area contributed by atoms with Crippen LogP contribution in [0.25, 0.3) is 0 Å². The molecule has 1 aliphatic rings. The molecule has 3 N–H and O–H groups in total. The lowest BCUT2D eigenvalue weighted by atomic mass is 10.0. The van der Waals surface area contributed by atoms with Gasteiger partial charge in [-0.2, -0.15) is 0 Å². The predicted molar refractivity (Wildman–Crippen MR) is 120 cm³/mol. The van der Waals surface area contributed by atoms with Gasteiger partial charge in [-0.1, -0.05) is 38.8 Å². The van der Waals surface area contributed by atoms with Crippen molar-refractivity contribution in [2.45, 2.75) is 58.3 Å². The lowest BCUT2D eigenvalue weighted by molar-refractivity contribution is 0.224. The number of aliphatic imine (C=N–C) groups is 1. The van der Waals surface area contributed by atoms with Crippen LogP contribution < -0.4 is 11.1 Å². The zero-order valence-electron chi connectivity index (χ0n) is 15.8. The summed E-state index contributed by atoms with van der Waals surface area (Å²) in [6.45, 7) is 9.04. The molecule has 0 atom stereocenters. The third-order valence-corrected chi connectivity index (χ3v) is 4.69. The Labute approximate surface area is 170 Å². The molecule has 0 saturated carbocycles. The van der Waals surface area contributed by atoms with E-state index in [9.17, 15) is 0 Å². The van der Waals surface area contributed by atoms with Gasteiger partial charge in [-0.15, -0.1) is 24.0 Å². The Morgan fingerprint density at radius 2 is 1.92 bits per heavy atom. The highest BCUT2D eigenvalue weighted by Crippen LogP contribution is 2.18. The van der Waals surface area contributed by atoms with Gasteiger partial charge in [0.05, 0.1) is 0 Å². The first-order valence-corrected chi connectivity index (χ1v) is 9.54. The molecule has 25 heavy (non-hydrogen) atoms. The van der Waals surface area contributed by atoms with Crippen molar-refractivity contribution < 1.29 is 0 Å². The molecular formula is C20H35IN4. The molecule has 5 heteroatoms. The van der Waals surface area contributed by atoms with Crippen molar-refractivity contribution in [3.05, 3.63) is 29.8 Å². The van der Waals surface area contributed by atoms with Crippen LogP contribution in [0.4, 0.5) is 5.69 Å². The van der Waals surface area contributed by atoms with Crippen molar-refractivity contribution in [2.75, 3.05) is 31.5 Å². The van der Waals surface area contributed by atoms with Gasteiger partial charge in [0, 0.05) is 12.2 Å². The second-order valence-electron chi connectivity index (χ2n) is 7.14. The van der Waals surface area contributed by atoms with Gasteiger partial charge < -0.3 is 16.0 Å². The number of guanidine groups is 1. The number of hydrogen-bond donors (Lipinski definition) is 2. The zero-order valence-corrected chi connectivity index (χ0v) is 18.2. The molecule has 142 valence electrons. The van der Waals surface area contributed by atoms with Gasteiger partial charge in [-0.25, -0.2) is 0 Å². The van der Waals surface area contributed by atoms with E-state index in [1.165, 1.54) is 57.3 Å². The average Bonchev–Trinajstić information content (AvgIpc) is 2.59. The van der Waals surface area contributed by atoms with Crippen molar-refractivity contribution >= 4 is 35.6 Å². The maximum Gasteiger partial charge on any atom is 0.193 e. The predicted octanol–water partition coefficient (Wildman–Crippen LogP) is 4.81. The van der Waals surface area contributed by atoms with Crippen molar-refractivity contribution in [1.29, 1.82) is 0 Å². The SMILES string of the molecule is CC(C)c1cccc(NC(N)=NCCCCCN2CCCCC2)c1.I. The van der Waals surface area contributed by atoms with Crippen LogP contribution in [0.1, 0.15) is 63.9 Å². The molecule has 0 amide bonds. The van der Waals surface area contributed by atoms with E-state index in [1.807, 2.05) is 6.07 Å². The lowest BCUT2D eigenvalue weighted by Gasteiger charge is -2.26. The molecule has 0 unspecified atom stereocenters. The number of hydrogen-bond acceptors (Lipinski definition) is 2. The number of nitrogens with two attached hydrogens (primary N) is 1. The fourth-order valence-electron chi connectivity index (χ4n) is 3.17. The highest BCUT2D eigenvalue weighted by atomic mass is 127. The van der Waals surface area contributed by atoms with E-state index in [1.54, 1.807) is 0 Å². The van der Waals surface area contributed by atoms with Crippen molar-refractivity contribution in [3.63, 3.8) is 0 Å². The minimum Gasteiger partial charge on any atom is -0.370 e. The number of nitrogens with zero attached hydrogens (tertiary/aromatic N) is 2. The Bertz CT molecular complexity index is 510. The van der Waals surface area contributed by atoms with Gasteiger partial charge in [-0.05, 0) is 68.9 Å². The van der Waals surface area contributed by atoms with Crippen LogP contribution in [0.5, 0.6) is 0 Å². The molecule has 1 saturated heterocycles. The number of benzene rings is 1. The summed E-state index contributed by atoms with van der Waals surface area (Å²) in [5.41, 5.74) is 8.33. The normalized spacial score (nSPS) is 15.9. The van der Waals surface area contributed by atoms with Crippen LogP contribution in [-0.2, 0) is 0 Å². The first kappa shape index (κ1) is 22.2. The highest BCUT2D eigenvalue weighted by Gasteiger charge is 2.08. The van der Waals surface area contributed by atoms with Gasteiger partial charge >= 0.3 is 0 Å². The van der Waals surface area contributed by atoms with E-state index in [0.29, 0.717) is 11.9 Å². The largest absolute Gasteiger partial charge is 0.370 e. The molecule has 1 aromatic carbocycles. The highest BCUT2D eigenvalue weighted by molar-refractivity contribution is 14.0. The lowest BCUT2D eigenvalue weighted by Crippen LogP contribution is -2.30.